The van der Waals surface area contributed by atoms with Gasteiger partial charge in [-0.1, -0.05) is 54.6 Å². The highest BCUT2D eigenvalue weighted by molar-refractivity contribution is 6.10. The third kappa shape index (κ3) is 4.54. The van der Waals surface area contributed by atoms with Crippen LogP contribution in [0.25, 0.3) is 11.0 Å². The summed E-state index contributed by atoms with van der Waals surface area (Å²) in [6.07, 6.45) is 1.59. The van der Waals surface area contributed by atoms with E-state index in [0.29, 0.717) is 34.7 Å². The number of hydrogen-bond acceptors (Lipinski definition) is 4. The molecule has 0 aliphatic carbocycles. The van der Waals surface area contributed by atoms with Crippen molar-refractivity contribution in [2.24, 2.45) is 0 Å². The molecule has 0 radical (unpaired) electrons. The van der Waals surface area contributed by atoms with Crippen molar-refractivity contribution in [2.45, 2.75) is 6.61 Å². The second-order valence-electron chi connectivity index (χ2n) is 7.01. The van der Waals surface area contributed by atoms with E-state index >= 15 is 0 Å². The first-order chi connectivity index (χ1) is 15.7. The minimum atomic E-state index is -0.461. The predicted octanol–water partition coefficient (Wildman–Crippen LogP) is 5.18. The Bertz CT molecular complexity index is 1260. The smallest absolute Gasteiger partial charge is 0.291 e. The molecule has 0 bridgehead atoms. The monoisotopic (exact) mass is 426 g/mol. The Morgan fingerprint density at radius 3 is 2.44 bits per heavy atom. The van der Waals surface area contributed by atoms with E-state index in [1.54, 1.807) is 36.4 Å². The number of carbonyl (C=O) groups excluding carboxylic acids is 2. The van der Waals surface area contributed by atoms with Crippen LogP contribution in [0.5, 0.6) is 5.75 Å². The van der Waals surface area contributed by atoms with Crippen LogP contribution in [0.3, 0.4) is 0 Å². The minimum Gasteiger partial charge on any atom is -0.489 e. The lowest BCUT2D eigenvalue weighted by molar-refractivity contribution is 0.0959. The lowest BCUT2D eigenvalue weighted by atomic mass is 10.1. The van der Waals surface area contributed by atoms with Gasteiger partial charge < -0.3 is 19.8 Å². The van der Waals surface area contributed by atoms with E-state index in [9.17, 15) is 9.59 Å². The Balaban J connectivity index is 1.63. The Morgan fingerprint density at radius 1 is 0.906 bits per heavy atom. The number of nitrogens with one attached hydrogen (secondary N) is 2. The molecule has 0 aliphatic rings. The average Bonchev–Trinajstić information content (AvgIpc) is 3.21. The Hall–Kier alpha value is -4.32. The molecule has 0 atom stereocenters. The second-order valence-corrected chi connectivity index (χ2v) is 7.01. The zero-order valence-electron chi connectivity index (χ0n) is 17.3. The molecule has 1 aromatic heterocycles. The fraction of sp³-hybridized carbons (Fsp3) is 0.0769. The van der Waals surface area contributed by atoms with Gasteiger partial charge in [0, 0.05) is 17.5 Å². The van der Waals surface area contributed by atoms with Crippen LogP contribution in [0.15, 0.2) is 95.9 Å². The van der Waals surface area contributed by atoms with Crippen molar-refractivity contribution >= 4 is 28.5 Å². The summed E-state index contributed by atoms with van der Waals surface area (Å²) in [6, 6.07) is 23.6. The molecule has 2 amide bonds. The average molecular weight is 426 g/mol. The topological polar surface area (TPSA) is 80.6 Å². The zero-order chi connectivity index (χ0) is 22.3. The minimum absolute atomic E-state index is 0.142. The summed E-state index contributed by atoms with van der Waals surface area (Å²) >= 11 is 0. The van der Waals surface area contributed by atoms with Gasteiger partial charge in [0.25, 0.3) is 11.8 Å². The molecule has 0 aliphatic heterocycles. The number of benzene rings is 3. The lowest BCUT2D eigenvalue weighted by Crippen LogP contribution is -2.25. The first-order valence-corrected chi connectivity index (χ1v) is 10.1. The Labute approximate surface area is 185 Å². The molecule has 0 saturated heterocycles. The molecule has 4 aromatic rings. The van der Waals surface area contributed by atoms with E-state index in [4.69, 9.17) is 9.15 Å². The van der Waals surface area contributed by atoms with Crippen LogP contribution in [0.2, 0.25) is 0 Å². The number of furan rings is 1. The van der Waals surface area contributed by atoms with Gasteiger partial charge in [0.15, 0.2) is 5.76 Å². The van der Waals surface area contributed by atoms with Crippen LogP contribution in [-0.4, -0.2) is 18.4 Å². The summed E-state index contributed by atoms with van der Waals surface area (Å²) in [5.41, 5.74) is 1.95. The fourth-order valence-electron chi connectivity index (χ4n) is 3.33. The number of rotatable bonds is 8. The normalized spacial score (nSPS) is 10.5. The number of para-hydroxylation sites is 3. The number of hydrogen-bond donors (Lipinski definition) is 2. The van der Waals surface area contributed by atoms with E-state index in [1.807, 2.05) is 48.5 Å². The lowest BCUT2D eigenvalue weighted by Gasteiger charge is -2.11. The predicted molar refractivity (Wildman–Crippen MR) is 124 cm³/mol. The maximum Gasteiger partial charge on any atom is 0.291 e. The van der Waals surface area contributed by atoms with Gasteiger partial charge in [0.2, 0.25) is 0 Å². The first-order valence-electron chi connectivity index (χ1n) is 10.1. The van der Waals surface area contributed by atoms with Gasteiger partial charge in [-0.2, -0.15) is 0 Å². The molecule has 1 heterocycles. The summed E-state index contributed by atoms with van der Waals surface area (Å²) in [4.78, 5) is 25.7. The van der Waals surface area contributed by atoms with Gasteiger partial charge in [-0.25, -0.2) is 0 Å². The van der Waals surface area contributed by atoms with Gasteiger partial charge in [-0.15, -0.1) is 6.58 Å². The summed E-state index contributed by atoms with van der Waals surface area (Å²) in [7, 11) is 0. The van der Waals surface area contributed by atoms with Crippen LogP contribution in [0.4, 0.5) is 5.69 Å². The Kier molecular flexibility index (Phi) is 6.32. The van der Waals surface area contributed by atoms with Crippen LogP contribution in [0.1, 0.15) is 26.5 Å². The molecule has 3 aromatic carbocycles. The van der Waals surface area contributed by atoms with Gasteiger partial charge in [-0.3, -0.25) is 9.59 Å². The fourth-order valence-corrected chi connectivity index (χ4v) is 3.33. The van der Waals surface area contributed by atoms with Gasteiger partial charge in [0.05, 0.1) is 11.3 Å². The Morgan fingerprint density at radius 2 is 1.62 bits per heavy atom. The molecule has 160 valence electrons. The van der Waals surface area contributed by atoms with Crippen LogP contribution < -0.4 is 15.4 Å². The van der Waals surface area contributed by atoms with E-state index in [0.717, 1.165) is 5.39 Å². The van der Waals surface area contributed by atoms with E-state index in [2.05, 4.69) is 17.2 Å². The highest BCUT2D eigenvalue weighted by atomic mass is 16.5. The highest BCUT2D eigenvalue weighted by Crippen LogP contribution is 2.28. The zero-order valence-corrected chi connectivity index (χ0v) is 17.3. The molecular formula is C26H22N2O4. The number of anilines is 1. The summed E-state index contributed by atoms with van der Waals surface area (Å²) < 4.78 is 11.8. The maximum atomic E-state index is 13.2. The molecule has 2 N–H and O–H groups in total. The number of ether oxygens (including phenoxy) is 1. The molecular weight excluding hydrogens is 404 g/mol. The number of amides is 2. The van der Waals surface area contributed by atoms with Crippen molar-refractivity contribution in [1.29, 1.82) is 0 Å². The highest BCUT2D eigenvalue weighted by Gasteiger charge is 2.22. The maximum absolute atomic E-state index is 13.2. The van der Waals surface area contributed by atoms with Gasteiger partial charge in [0.1, 0.15) is 17.9 Å². The molecule has 0 unspecified atom stereocenters. The van der Waals surface area contributed by atoms with Crippen molar-refractivity contribution in [2.75, 3.05) is 11.9 Å². The third-order valence-corrected chi connectivity index (χ3v) is 4.86. The van der Waals surface area contributed by atoms with Crippen molar-refractivity contribution < 1.29 is 18.7 Å². The molecule has 6 nitrogen and oxygen atoms in total. The van der Waals surface area contributed by atoms with E-state index in [-0.39, 0.29) is 18.3 Å². The quantitative estimate of drug-likeness (QED) is 0.381. The van der Waals surface area contributed by atoms with Gasteiger partial charge in [-0.05, 0) is 30.3 Å². The summed E-state index contributed by atoms with van der Waals surface area (Å²) in [5.74, 6) is 0.0617. The largest absolute Gasteiger partial charge is 0.489 e. The molecule has 6 heteroatoms. The van der Waals surface area contributed by atoms with Crippen LogP contribution in [-0.2, 0) is 6.61 Å². The van der Waals surface area contributed by atoms with Crippen molar-refractivity contribution in [3.63, 3.8) is 0 Å². The number of fused-ring (bicyclic) bond motifs is 1. The van der Waals surface area contributed by atoms with Crippen molar-refractivity contribution in [1.82, 2.24) is 5.32 Å². The second kappa shape index (κ2) is 9.66. The van der Waals surface area contributed by atoms with Gasteiger partial charge >= 0.3 is 0 Å². The molecule has 4 rings (SSSR count). The van der Waals surface area contributed by atoms with Crippen molar-refractivity contribution in [3.05, 3.63) is 108 Å². The molecule has 32 heavy (non-hydrogen) atoms. The van der Waals surface area contributed by atoms with Crippen molar-refractivity contribution in [3.8, 4) is 5.75 Å². The molecule has 0 spiro atoms. The van der Waals surface area contributed by atoms with E-state index < -0.39 is 5.91 Å². The summed E-state index contributed by atoms with van der Waals surface area (Å²) in [6.45, 7) is 4.08. The van der Waals surface area contributed by atoms with Crippen LogP contribution in [0, 0.1) is 0 Å². The summed E-state index contributed by atoms with van der Waals surface area (Å²) in [5, 5.41) is 6.33. The molecule has 0 saturated carbocycles. The SMILES string of the molecule is C=CCNC(=O)c1ccccc1NC(=O)c1oc2ccccc2c1COc1ccccc1. The van der Waals surface area contributed by atoms with E-state index in [1.165, 1.54) is 0 Å². The standard InChI is InChI=1S/C26H22N2O4/c1-2-16-27-25(29)20-13-6-8-14-22(20)28-26(30)24-21(17-31-18-10-4-3-5-11-18)19-12-7-9-15-23(19)32-24/h2-15H,1,16-17H2,(H,27,29)(H,28,30). The molecule has 0 fully saturated rings. The number of carbonyl (C=O) groups is 2. The van der Waals surface area contributed by atoms with Crippen LogP contribution >= 0.6 is 0 Å². The first kappa shape index (κ1) is 20.9. The third-order valence-electron chi connectivity index (χ3n) is 4.86.